The summed E-state index contributed by atoms with van der Waals surface area (Å²) in [6.07, 6.45) is -3.71. The van der Waals surface area contributed by atoms with E-state index in [0.717, 1.165) is 6.92 Å². The predicted octanol–water partition coefficient (Wildman–Crippen LogP) is 4.24. The van der Waals surface area contributed by atoms with E-state index < -0.39 is 12.1 Å². The molecule has 0 radical (unpaired) electrons. The first-order chi connectivity index (χ1) is 7.91. The summed E-state index contributed by atoms with van der Waals surface area (Å²) in [5, 5.41) is 0. The van der Waals surface area contributed by atoms with Crippen LogP contribution in [0.15, 0.2) is 30.3 Å². The van der Waals surface area contributed by atoms with E-state index in [0.29, 0.717) is 5.56 Å². The molecule has 0 aliphatic rings. The molecule has 0 N–H and O–H groups in total. The van der Waals surface area contributed by atoms with Gasteiger partial charge in [0.1, 0.15) is 0 Å². The maximum atomic E-state index is 12.2. The highest BCUT2D eigenvalue weighted by molar-refractivity contribution is 5.95. The van der Waals surface area contributed by atoms with Gasteiger partial charge in [-0.1, -0.05) is 37.3 Å². The molecule has 0 saturated carbocycles. The van der Waals surface area contributed by atoms with Crippen LogP contribution in [0, 0.1) is 5.92 Å². The summed E-state index contributed by atoms with van der Waals surface area (Å²) in [5.41, 5.74) is 0.562. The molecule has 0 heterocycles. The Labute approximate surface area is 98.6 Å². The minimum absolute atomic E-state index is 0.00206. The van der Waals surface area contributed by atoms with E-state index in [2.05, 4.69) is 0 Å². The largest absolute Gasteiger partial charge is 0.391 e. The smallest absolute Gasteiger partial charge is 0.294 e. The van der Waals surface area contributed by atoms with Crippen LogP contribution in [0.25, 0.3) is 0 Å². The molecule has 1 aromatic carbocycles. The molecule has 0 saturated heterocycles. The average molecular weight is 244 g/mol. The van der Waals surface area contributed by atoms with Crippen LogP contribution in [0.3, 0.4) is 0 Å². The van der Waals surface area contributed by atoms with E-state index in [4.69, 9.17) is 0 Å². The van der Waals surface area contributed by atoms with Crippen molar-refractivity contribution >= 4 is 5.78 Å². The van der Waals surface area contributed by atoms with Crippen molar-refractivity contribution in [3.8, 4) is 0 Å². The molecule has 4 heteroatoms. The van der Waals surface area contributed by atoms with Crippen LogP contribution in [0.4, 0.5) is 13.2 Å². The first-order valence-electron chi connectivity index (χ1n) is 5.56. The number of Topliss-reactive ketones (excluding diaryl/α,β-unsaturated/α-hetero) is 1. The molecule has 0 bridgehead atoms. The lowest BCUT2D eigenvalue weighted by atomic mass is 10.00. The van der Waals surface area contributed by atoms with Gasteiger partial charge in [-0.05, 0) is 12.8 Å². The Hall–Kier alpha value is -1.32. The zero-order valence-corrected chi connectivity index (χ0v) is 9.63. The molecule has 0 aliphatic heterocycles. The van der Waals surface area contributed by atoms with Gasteiger partial charge < -0.3 is 0 Å². The number of alkyl halides is 3. The van der Waals surface area contributed by atoms with Gasteiger partial charge in [-0.25, -0.2) is 0 Å². The molecule has 0 aromatic heterocycles. The number of carbonyl (C=O) groups is 1. The van der Waals surface area contributed by atoms with E-state index in [1.165, 1.54) is 0 Å². The second kappa shape index (κ2) is 5.84. The van der Waals surface area contributed by atoms with Crippen LogP contribution in [-0.4, -0.2) is 12.0 Å². The zero-order chi connectivity index (χ0) is 12.9. The summed E-state index contributed by atoms with van der Waals surface area (Å²) in [6.45, 7) is 1.15. The van der Waals surface area contributed by atoms with Crippen molar-refractivity contribution in [2.24, 2.45) is 5.92 Å². The van der Waals surface area contributed by atoms with Crippen LogP contribution in [0.2, 0.25) is 0 Å². The minimum Gasteiger partial charge on any atom is -0.294 e. The third kappa shape index (κ3) is 4.59. The Morgan fingerprint density at radius 2 is 1.82 bits per heavy atom. The maximum Gasteiger partial charge on any atom is 0.391 e. The number of rotatable bonds is 5. The number of ketones is 1. The number of halogens is 3. The average Bonchev–Trinajstić information content (AvgIpc) is 2.28. The van der Waals surface area contributed by atoms with E-state index in [1.807, 2.05) is 0 Å². The lowest BCUT2D eigenvalue weighted by molar-refractivity contribution is -0.171. The highest BCUT2D eigenvalue weighted by Gasteiger charge is 2.35. The second-order valence-electron chi connectivity index (χ2n) is 4.12. The van der Waals surface area contributed by atoms with Crippen LogP contribution in [-0.2, 0) is 0 Å². The van der Waals surface area contributed by atoms with E-state index in [-0.39, 0.29) is 25.0 Å². The van der Waals surface area contributed by atoms with E-state index in [9.17, 15) is 18.0 Å². The molecule has 1 nitrogen and oxygen atoms in total. The molecule has 1 unspecified atom stereocenters. The molecule has 1 rings (SSSR count). The Bertz CT molecular complexity index is 357. The van der Waals surface area contributed by atoms with Gasteiger partial charge >= 0.3 is 6.18 Å². The van der Waals surface area contributed by atoms with Gasteiger partial charge in [0.15, 0.2) is 5.78 Å². The standard InChI is InChI=1S/C13H15F3O/c1-10(13(14,15)16)6-5-9-12(17)11-7-3-2-4-8-11/h2-4,7-8,10H,5-6,9H2,1H3. The molecule has 0 aliphatic carbocycles. The fourth-order valence-corrected chi connectivity index (χ4v) is 1.50. The van der Waals surface area contributed by atoms with Crippen LogP contribution in [0.1, 0.15) is 36.5 Å². The van der Waals surface area contributed by atoms with Crippen molar-refractivity contribution in [1.82, 2.24) is 0 Å². The topological polar surface area (TPSA) is 17.1 Å². The van der Waals surface area contributed by atoms with Crippen molar-refractivity contribution in [1.29, 1.82) is 0 Å². The van der Waals surface area contributed by atoms with Crippen molar-refractivity contribution < 1.29 is 18.0 Å². The summed E-state index contributed by atoms with van der Waals surface area (Å²) in [7, 11) is 0. The molecular weight excluding hydrogens is 229 g/mol. The summed E-state index contributed by atoms with van der Waals surface area (Å²) < 4.78 is 36.6. The molecule has 1 atom stereocenters. The van der Waals surface area contributed by atoms with Gasteiger partial charge in [0.05, 0.1) is 5.92 Å². The van der Waals surface area contributed by atoms with Gasteiger partial charge in [0, 0.05) is 12.0 Å². The summed E-state index contributed by atoms with van der Waals surface area (Å²) in [4.78, 5) is 11.6. The van der Waals surface area contributed by atoms with E-state index in [1.54, 1.807) is 30.3 Å². The quantitative estimate of drug-likeness (QED) is 0.708. The monoisotopic (exact) mass is 244 g/mol. The Kier molecular flexibility index (Phi) is 4.73. The molecule has 0 fully saturated rings. The van der Waals surface area contributed by atoms with Crippen molar-refractivity contribution in [3.05, 3.63) is 35.9 Å². The molecule has 1 aromatic rings. The van der Waals surface area contributed by atoms with Gasteiger partial charge in [0.2, 0.25) is 0 Å². The molecule has 0 amide bonds. The van der Waals surface area contributed by atoms with Crippen molar-refractivity contribution in [3.63, 3.8) is 0 Å². The fourth-order valence-electron chi connectivity index (χ4n) is 1.50. The van der Waals surface area contributed by atoms with Crippen molar-refractivity contribution in [2.75, 3.05) is 0 Å². The predicted molar refractivity (Wildman–Crippen MR) is 59.8 cm³/mol. The highest BCUT2D eigenvalue weighted by Crippen LogP contribution is 2.29. The Balaban J connectivity index is 2.35. The second-order valence-corrected chi connectivity index (χ2v) is 4.12. The van der Waals surface area contributed by atoms with Gasteiger partial charge in [-0.3, -0.25) is 4.79 Å². The Morgan fingerprint density at radius 1 is 1.24 bits per heavy atom. The number of hydrogen-bond acceptors (Lipinski definition) is 1. The van der Waals surface area contributed by atoms with Crippen molar-refractivity contribution in [2.45, 2.75) is 32.4 Å². The maximum absolute atomic E-state index is 12.2. The number of hydrogen-bond donors (Lipinski definition) is 0. The fraction of sp³-hybridized carbons (Fsp3) is 0.462. The van der Waals surface area contributed by atoms with Gasteiger partial charge in [-0.15, -0.1) is 0 Å². The third-order valence-electron chi connectivity index (χ3n) is 2.70. The lowest BCUT2D eigenvalue weighted by Gasteiger charge is -2.14. The number of carbonyl (C=O) groups excluding carboxylic acids is 1. The van der Waals surface area contributed by atoms with E-state index >= 15 is 0 Å². The van der Waals surface area contributed by atoms with Crippen LogP contribution >= 0.6 is 0 Å². The van der Waals surface area contributed by atoms with Gasteiger partial charge in [0.25, 0.3) is 0 Å². The number of benzene rings is 1. The summed E-state index contributed by atoms with van der Waals surface area (Å²) in [5.74, 6) is -1.44. The first kappa shape index (κ1) is 13.7. The Morgan fingerprint density at radius 3 is 2.35 bits per heavy atom. The SMILES string of the molecule is CC(CCCC(=O)c1ccccc1)C(F)(F)F. The normalized spacial score (nSPS) is 13.4. The molecular formula is C13H15F3O. The minimum atomic E-state index is -4.16. The summed E-state index contributed by atoms with van der Waals surface area (Å²) in [6, 6.07) is 8.63. The molecule has 17 heavy (non-hydrogen) atoms. The molecule has 0 spiro atoms. The van der Waals surface area contributed by atoms with Crippen LogP contribution in [0.5, 0.6) is 0 Å². The third-order valence-corrected chi connectivity index (χ3v) is 2.70. The van der Waals surface area contributed by atoms with Gasteiger partial charge in [-0.2, -0.15) is 13.2 Å². The first-order valence-corrected chi connectivity index (χ1v) is 5.56. The highest BCUT2D eigenvalue weighted by atomic mass is 19.4. The molecule has 94 valence electrons. The zero-order valence-electron chi connectivity index (χ0n) is 9.63. The van der Waals surface area contributed by atoms with Crippen LogP contribution < -0.4 is 0 Å². The lowest BCUT2D eigenvalue weighted by Crippen LogP contribution is -2.19. The summed E-state index contributed by atoms with van der Waals surface area (Å²) >= 11 is 0.